The van der Waals surface area contributed by atoms with Crippen LogP contribution in [0.5, 0.6) is 11.5 Å². The van der Waals surface area contributed by atoms with E-state index in [1.165, 1.54) is 12.1 Å². The predicted molar refractivity (Wildman–Crippen MR) is 106 cm³/mol. The summed E-state index contributed by atoms with van der Waals surface area (Å²) in [5, 5.41) is 9.34. The molecular formula is C22H26N2O4. The van der Waals surface area contributed by atoms with Gasteiger partial charge < -0.3 is 19.6 Å². The number of amides is 2. The van der Waals surface area contributed by atoms with Crippen molar-refractivity contribution in [1.29, 1.82) is 0 Å². The summed E-state index contributed by atoms with van der Waals surface area (Å²) >= 11 is 0. The maximum absolute atomic E-state index is 12.8. The van der Waals surface area contributed by atoms with Gasteiger partial charge in [-0.3, -0.25) is 9.59 Å². The zero-order chi connectivity index (χ0) is 20.1. The van der Waals surface area contributed by atoms with Crippen molar-refractivity contribution in [2.45, 2.75) is 26.4 Å². The van der Waals surface area contributed by atoms with Crippen molar-refractivity contribution in [3.63, 3.8) is 0 Å². The van der Waals surface area contributed by atoms with Gasteiger partial charge in [0.15, 0.2) is 6.10 Å². The van der Waals surface area contributed by atoms with Gasteiger partial charge in [0, 0.05) is 31.7 Å². The number of carbonyl (C=O) groups excluding carboxylic acids is 2. The van der Waals surface area contributed by atoms with Crippen LogP contribution in [0.4, 0.5) is 0 Å². The zero-order valence-electron chi connectivity index (χ0n) is 16.3. The summed E-state index contributed by atoms with van der Waals surface area (Å²) in [4.78, 5) is 29.2. The minimum Gasteiger partial charge on any atom is -0.508 e. The fourth-order valence-corrected chi connectivity index (χ4v) is 3.36. The highest BCUT2D eigenvalue weighted by Crippen LogP contribution is 2.18. The number of nitrogens with zero attached hydrogens (tertiary/aromatic N) is 2. The molecule has 0 bridgehead atoms. The Morgan fingerprint density at radius 1 is 0.964 bits per heavy atom. The molecule has 1 aliphatic heterocycles. The summed E-state index contributed by atoms with van der Waals surface area (Å²) in [5.74, 6) is 0.598. The highest BCUT2D eigenvalue weighted by Gasteiger charge is 2.26. The Bertz CT molecular complexity index is 835. The monoisotopic (exact) mass is 382 g/mol. The Morgan fingerprint density at radius 3 is 2.32 bits per heavy atom. The first-order chi connectivity index (χ1) is 13.5. The molecule has 0 saturated carbocycles. The summed E-state index contributed by atoms with van der Waals surface area (Å²) in [6, 6.07) is 13.9. The van der Waals surface area contributed by atoms with E-state index in [2.05, 4.69) is 0 Å². The summed E-state index contributed by atoms with van der Waals surface area (Å²) in [5.41, 5.74) is 1.67. The molecule has 0 radical (unpaired) electrons. The molecule has 0 spiro atoms. The molecular weight excluding hydrogens is 356 g/mol. The van der Waals surface area contributed by atoms with Crippen LogP contribution in [0.25, 0.3) is 0 Å². The summed E-state index contributed by atoms with van der Waals surface area (Å²) < 4.78 is 5.70. The number of phenols is 1. The second-order valence-corrected chi connectivity index (χ2v) is 7.04. The lowest BCUT2D eigenvalue weighted by atomic mass is 10.1. The minimum absolute atomic E-state index is 0.0146. The number of benzene rings is 2. The SMILES string of the molecule is Cc1ccccc1C(=O)N1CCCN(C(=O)C(C)Oc2ccc(O)cc2)CC1. The number of ether oxygens (including phenoxy) is 1. The summed E-state index contributed by atoms with van der Waals surface area (Å²) in [7, 11) is 0. The van der Waals surface area contributed by atoms with E-state index in [1.54, 1.807) is 24.0 Å². The number of hydrogen-bond donors (Lipinski definition) is 1. The first kappa shape index (κ1) is 19.7. The Labute approximate surface area is 165 Å². The van der Waals surface area contributed by atoms with Gasteiger partial charge in [-0.15, -0.1) is 0 Å². The molecule has 1 atom stereocenters. The van der Waals surface area contributed by atoms with Crippen LogP contribution >= 0.6 is 0 Å². The van der Waals surface area contributed by atoms with Crippen molar-refractivity contribution in [2.75, 3.05) is 26.2 Å². The van der Waals surface area contributed by atoms with Crippen molar-refractivity contribution in [1.82, 2.24) is 9.80 Å². The Hall–Kier alpha value is -3.02. The van der Waals surface area contributed by atoms with E-state index in [0.29, 0.717) is 37.5 Å². The number of aromatic hydroxyl groups is 1. The first-order valence-corrected chi connectivity index (χ1v) is 9.55. The second kappa shape index (κ2) is 8.78. The van der Waals surface area contributed by atoms with Crippen LogP contribution < -0.4 is 4.74 Å². The normalized spacial score (nSPS) is 15.6. The second-order valence-electron chi connectivity index (χ2n) is 7.04. The molecule has 2 aromatic rings. The van der Waals surface area contributed by atoms with Gasteiger partial charge in [0.05, 0.1) is 0 Å². The van der Waals surface area contributed by atoms with Crippen molar-refractivity contribution < 1.29 is 19.4 Å². The third kappa shape index (κ3) is 4.63. The van der Waals surface area contributed by atoms with Crippen LogP contribution in [-0.2, 0) is 4.79 Å². The topological polar surface area (TPSA) is 70.1 Å². The molecule has 6 nitrogen and oxygen atoms in total. The van der Waals surface area contributed by atoms with Crippen LogP contribution in [0, 0.1) is 6.92 Å². The average molecular weight is 382 g/mol. The van der Waals surface area contributed by atoms with Gasteiger partial charge in [0.2, 0.25) is 0 Å². The van der Waals surface area contributed by atoms with Crippen molar-refractivity contribution in [3.8, 4) is 11.5 Å². The molecule has 1 unspecified atom stereocenters. The fraction of sp³-hybridized carbons (Fsp3) is 0.364. The lowest BCUT2D eigenvalue weighted by molar-refractivity contribution is -0.137. The number of aryl methyl sites for hydroxylation is 1. The molecule has 148 valence electrons. The predicted octanol–water partition coefficient (Wildman–Crippen LogP) is 2.84. The maximum Gasteiger partial charge on any atom is 0.263 e. The molecule has 1 aliphatic rings. The zero-order valence-corrected chi connectivity index (χ0v) is 16.3. The van der Waals surface area contributed by atoms with Gasteiger partial charge in [0.1, 0.15) is 11.5 Å². The highest BCUT2D eigenvalue weighted by atomic mass is 16.5. The lowest BCUT2D eigenvalue weighted by Gasteiger charge is -2.25. The molecule has 3 rings (SSSR count). The van der Waals surface area contributed by atoms with Crippen LogP contribution in [0.2, 0.25) is 0 Å². The van der Waals surface area contributed by atoms with E-state index in [1.807, 2.05) is 36.1 Å². The van der Waals surface area contributed by atoms with Crippen molar-refractivity contribution in [3.05, 3.63) is 59.7 Å². The number of phenolic OH excluding ortho intramolecular Hbond substituents is 1. The number of carbonyl (C=O) groups is 2. The van der Waals surface area contributed by atoms with Crippen molar-refractivity contribution in [2.24, 2.45) is 0 Å². The van der Waals surface area contributed by atoms with Gasteiger partial charge in [-0.1, -0.05) is 18.2 Å². The molecule has 0 aromatic heterocycles. The van der Waals surface area contributed by atoms with E-state index >= 15 is 0 Å². The largest absolute Gasteiger partial charge is 0.508 e. The molecule has 1 saturated heterocycles. The van der Waals surface area contributed by atoms with Crippen LogP contribution in [0.1, 0.15) is 29.3 Å². The van der Waals surface area contributed by atoms with E-state index < -0.39 is 6.10 Å². The van der Waals surface area contributed by atoms with E-state index in [4.69, 9.17) is 4.74 Å². The molecule has 2 aromatic carbocycles. The standard InChI is InChI=1S/C22H26N2O4/c1-16-6-3-4-7-20(16)22(27)24-13-5-12-23(14-15-24)21(26)17(2)28-19-10-8-18(25)9-11-19/h3-4,6-11,17,25H,5,12-15H2,1-2H3. The van der Waals surface area contributed by atoms with E-state index in [9.17, 15) is 14.7 Å². The molecule has 1 fully saturated rings. The van der Waals surface area contributed by atoms with E-state index in [-0.39, 0.29) is 17.6 Å². The van der Waals surface area contributed by atoms with Gasteiger partial charge in [-0.2, -0.15) is 0 Å². The first-order valence-electron chi connectivity index (χ1n) is 9.55. The summed E-state index contributed by atoms with van der Waals surface area (Å²) in [6.45, 7) is 5.87. The molecule has 1 N–H and O–H groups in total. The van der Waals surface area contributed by atoms with Gasteiger partial charge in [0.25, 0.3) is 11.8 Å². The molecule has 6 heteroatoms. The fourth-order valence-electron chi connectivity index (χ4n) is 3.36. The third-order valence-electron chi connectivity index (χ3n) is 4.97. The molecule has 1 heterocycles. The summed E-state index contributed by atoms with van der Waals surface area (Å²) in [6.07, 6.45) is 0.0955. The average Bonchev–Trinajstić information content (AvgIpc) is 2.95. The van der Waals surface area contributed by atoms with Gasteiger partial charge in [-0.25, -0.2) is 0 Å². The smallest absolute Gasteiger partial charge is 0.263 e. The minimum atomic E-state index is -0.636. The quantitative estimate of drug-likeness (QED) is 0.883. The number of hydrogen-bond acceptors (Lipinski definition) is 4. The van der Waals surface area contributed by atoms with E-state index in [0.717, 1.165) is 12.0 Å². The Balaban J connectivity index is 1.59. The van der Waals surface area contributed by atoms with Gasteiger partial charge in [-0.05, 0) is 56.2 Å². The van der Waals surface area contributed by atoms with Gasteiger partial charge >= 0.3 is 0 Å². The lowest BCUT2D eigenvalue weighted by Crippen LogP contribution is -2.43. The third-order valence-corrected chi connectivity index (χ3v) is 4.97. The number of rotatable bonds is 4. The maximum atomic E-state index is 12.8. The Kier molecular flexibility index (Phi) is 6.19. The van der Waals surface area contributed by atoms with Crippen LogP contribution in [0.15, 0.2) is 48.5 Å². The van der Waals surface area contributed by atoms with Crippen molar-refractivity contribution >= 4 is 11.8 Å². The Morgan fingerprint density at radius 2 is 1.61 bits per heavy atom. The van der Waals surface area contributed by atoms with Crippen LogP contribution in [-0.4, -0.2) is 59.0 Å². The molecule has 2 amide bonds. The molecule has 0 aliphatic carbocycles. The highest BCUT2D eigenvalue weighted by molar-refractivity contribution is 5.95. The molecule has 28 heavy (non-hydrogen) atoms. The van der Waals surface area contributed by atoms with Crippen LogP contribution in [0.3, 0.4) is 0 Å².